The van der Waals surface area contributed by atoms with Gasteiger partial charge >= 0.3 is 0 Å². The van der Waals surface area contributed by atoms with E-state index in [1.165, 1.54) is 41.0 Å². The fraction of sp³-hybridized carbons (Fsp3) is 0. The minimum atomic E-state index is 0.703. The van der Waals surface area contributed by atoms with Crippen molar-refractivity contribution in [2.75, 3.05) is 0 Å². The van der Waals surface area contributed by atoms with E-state index >= 15 is 0 Å². The molecule has 4 heterocycles. The molecule has 0 N–H and O–H groups in total. The van der Waals surface area contributed by atoms with E-state index in [9.17, 15) is 0 Å². The number of fused-ring (bicyclic) bond motifs is 10. The highest BCUT2D eigenvalue weighted by atomic mass is 32.1. The zero-order valence-corrected chi connectivity index (χ0v) is 22.3. The van der Waals surface area contributed by atoms with Crippen molar-refractivity contribution in [3.63, 3.8) is 0 Å². The Labute approximate surface area is 231 Å². The summed E-state index contributed by atoms with van der Waals surface area (Å²) in [5, 5.41) is 6.24. The maximum absolute atomic E-state index is 5.33. The van der Waals surface area contributed by atoms with E-state index in [0.29, 0.717) is 5.95 Å². The van der Waals surface area contributed by atoms with Crippen molar-refractivity contribution >= 4 is 85.0 Å². The number of aromatic nitrogens is 3. The number of hydrogen-bond donors (Lipinski definition) is 0. The molecule has 5 heteroatoms. The first-order valence-corrected chi connectivity index (χ1v) is 14.6. The van der Waals surface area contributed by atoms with Gasteiger partial charge in [0.2, 0.25) is 5.95 Å². The Morgan fingerprint density at radius 1 is 0.487 bits per heavy atom. The summed E-state index contributed by atoms with van der Waals surface area (Å²) in [5.41, 5.74) is 5.32. The van der Waals surface area contributed by atoms with Crippen LogP contribution >= 0.6 is 22.7 Å². The summed E-state index contributed by atoms with van der Waals surface area (Å²) < 4.78 is 7.26. The van der Waals surface area contributed by atoms with Crippen LogP contribution in [-0.2, 0) is 0 Å². The van der Waals surface area contributed by atoms with E-state index in [0.717, 1.165) is 32.5 Å². The first-order valence-electron chi connectivity index (χ1n) is 12.9. The molecule has 0 spiro atoms. The first-order chi connectivity index (χ1) is 19.3. The van der Waals surface area contributed by atoms with Crippen molar-refractivity contribution in [3.05, 3.63) is 115 Å². The molecule has 0 unspecified atom stereocenters. The molecule has 3 nitrogen and oxygen atoms in total. The van der Waals surface area contributed by atoms with E-state index in [-0.39, 0.29) is 0 Å². The lowest BCUT2D eigenvalue weighted by atomic mass is 10.1. The maximum atomic E-state index is 5.33. The Hall–Kier alpha value is -4.58. The average Bonchev–Trinajstić information content (AvgIpc) is 3.66. The topological polar surface area (TPSA) is 30.7 Å². The minimum Gasteiger partial charge on any atom is -0.278 e. The van der Waals surface area contributed by atoms with Crippen LogP contribution in [0.4, 0.5) is 0 Å². The lowest BCUT2D eigenvalue weighted by Crippen LogP contribution is -2.02. The van der Waals surface area contributed by atoms with E-state index in [4.69, 9.17) is 9.97 Å². The normalized spacial score (nSPS) is 12.1. The summed E-state index contributed by atoms with van der Waals surface area (Å²) in [4.78, 5) is 10.6. The third kappa shape index (κ3) is 2.97. The summed E-state index contributed by atoms with van der Waals surface area (Å²) in [6.45, 7) is 0. The number of hydrogen-bond acceptors (Lipinski definition) is 4. The molecular weight excluding hydrogens is 515 g/mol. The lowest BCUT2D eigenvalue weighted by Gasteiger charge is -2.10. The number of nitrogens with zero attached hydrogens (tertiary/aromatic N) is 3. The van der Waals surface area contributed by atoms with Gasteiger partial charge in [-0.25, -0.2) is 9.97 Å². The summed E-state index contributed by atoms with van der Waals surface area (Å²) in [6, 6.07) is 40.8. The molecular formula is C34H19N3S2. The fourth-order valence-corrected chi connectivity index (χ4v) is 8.42. The zero-order chi connectivity index (χ0) is 25.5. The highest BCUT2D eigenvalue weighted by Gasteiger charge is 2.21. The molecule has 4 aromatic heterocycles. The van der Waals surface area contributed by atoms with Crippen LogP contribution in [0.2, 0.25) is 0 Å². The van der Waals surface area contributed by atoms with Gasteiger partial charge in [0.05, 0.1) is 26.9 Å². The van der Waals surface area contributed by atoms with Crippen molar-refractivity contribution in [2.45, 2.75) is 0 Å². The molecule has 9 aromatic rings. The summed E-state index contributed by atoms with van der Waals surface area (Å²) in [5.74, 6) is 0.703. The number of thiophene rings is 2. The molecule has 182 valence electrons. The number of rotatable bonds is 2. The third-order valence-electron chi connectivity index (χ3n) is 7.64. The molecule has 0 aliphatic heterocycles. The molecule has 0 aliphatic carbocycles. The monoisotopic (exact) mass is 533 g/mol. The first kappa shape index (κ1) is 21.4. The van der Waals surface area contributed by atoms with Crippen LogP contribution < -0.4 is 0 Å². The molecule has 0 fully saturated rings. The average molecular weight is 534 g/mol. The molecule has 39 heavy (non-hydrogen) atoms. The summed E-state index contributed by atoms with van der Waals surface area (Å²) in [7, 11) is 0. The van der Waals surface area contributed by atoms with Gasteiger partial charge in [0.1, 0.15) is 0 Å². The highest BCUT2D eigenvalue weighted by Crippen LogP contribution is 2.46. The van der Waals surface area contributed by atoms with Crippen LogP contribution in [-0.4, -0.2) is 14.5 Å². The van der Waals surface area contributed by atoms with Crippen LogP contribution in [0.5, 0.6) is 0 Å². The second kappa shape index (κ2) is 7.96. The Morgan fingerprint density at radius 3 is 1.92 bits per heavy atom. The molecule has 0 radical (unpaired) electrons. The molecule has 0 bridgehead atoms. The van der Waals surface area contributed by atoms with Crippen LogP contribution in [0.1, 0.15) is 0 Å². The number of para-hydroxylation sites is 2. The molecule has 0 saturated carbocycles. The summed E-state index contributed by atoms with van der Waals surface area (Å²) in [6.07, 6.45) is 0. The van der Waals surface area contributed by atoms with Crippen molar-refractivity contribution in [2.24, 2.45) is 0 Å². The standard InChI is InChI=1S/C34H19N3S2/c1-2-10-20(11-3-1)30-33-31(24-18-19-28-29(32(24)39-33)23-14-6-9-17-27(23)38-28)36-34(35-30)37-25-15-7-4-12-21(25)22-13-5-8-16-26(22)37/h1-19H. The van der Waals surface area contributed by atoms with Gasteiger partial charge in [-0.1, -0.05) is 84.9 Å². The maximum Gasteiger partial charge on any atom is 0.235 e. The Kier molecular flexibility index (Phi) is 4.36. The quantitative estimate of drug-likeness (QED) is 0.221. The number of benzene rings is 5. The molecule has 9 rings (SSSR count). The molecule has 0 saturated heterocycles. The van der Waals surface area contributed by atoms with E-state index in [1.807, 2.05) is 22.7 Å². The van der Waals surface area contributed by atoms with Crippen molar-refractivity contribution < 1.29 is 0 Å². The molecule has 0 atom stereocenters. The van der Waals surface area contributed by atoms with Crippen molar-refractivity contribution in [1.82, 2.24) is 14.5 Å². The SMILES string of the molecule is c1ccc(-c2nc(-n3c4ccccc4c4ccccc43)nc3c2sc2c3ccc3sc4ccccc4c32)cc1. The predicted octanol–water partition coefficient (Wildman–Crippen LogP) is 9.98. The van der Waals surface area contributed by atoms with Crippen molar-refractivity contribution in [1.29, 1.82) is 0 Å². The largest absolute Gasteiger partial charge is 0.278 e. The molecule has 0 aliphatic rings. The zero-order valence-electron chi connectivity index (χ0n) is 20.6. The van der Waals surface area contributed by atoms with Gasteiger partial charge in [-0.15, -0.1) is 22.7 Å². The smallest absolute Gasteiger partial charge is 0.235 e. The van der Waals surface area contributed by atoms with Gasteiger partial charge in [0.15, 0.2) is 0 Å². The van der Waals surface area contributed by atoms with Crippen LogP contribution in [0, 0.1) is 0 Å². The Morgan fingerprint density at radius 2 is 1.15 bits per heavy atom. The second-order valence-corrected chi connectivity index (χ2v) is 11.9. The lowest BCUT2D eigenvalue weighted by molar-refractivity contribution is 1.02. The van der Waals surface area contributed by atoms with Gasteiger partial charge in [0, 0.05) is 46.6 Å². The van der Waals surface area contributed by atoms with Gasteiger partial charge in [-0.3, -0.25) is 4.57 Å². The van der Waals surface area contributed by atoms with E-state index in [1.54, 1.807) is 0 Å². The van der Waals surface area contributed by atoms with Gasteiger partial charge in [-0.2, -0.15) is 0 Å². The molecule has 0 amide bonds. The van der Waals surface area contributed by atoms with Crippen molar-refractivity contribution in [3.8, 4) is 17.2 Å². The van der Waals surface area contributed by atoms with Crippen LogP contribution in [0.15, 0.2) is 115 Å². The van der Waals surface area contributed by atoms with Crippen LogP contribution in [0.3, 0.4) is 0 Å². The predicted molar refractivity (Wildman–Crippen MR) is 168 cm³/mol. The summed E-state index contributed by atoms with van der Waals surface area (Å²) >= 11 is 3.68. The second-order valence-electron chi connectivity index (χ2n) is 9.80. The van der Waals surface area contributed by atoms with Gasteiger partial charge < -0.3 is 0 Å². The fourth-order valence-electron chi connectivity index (χ4n) is 5.93. The van der Waals surface area contributed by atoms with Gasteiger partial charge in [-0.05, 0) is 30.3 Å². The van der Waals surface area contributed by atoms with Crippen LogP contribution in [0.25, 0.3) is 79.5 Å². The van der Waals surface area contributed by atoms with E-state index in [2.05, 4.69) is 120 Å². The highest BCUT2D eigenvalue weighted by molar-refractivity contribution is 7.30. The van der Waals surface area contributed by atoms with Gasteiger partial charge in [0.25, 0.3) is 0 Å². The van der Waals surface area contributed by atoms with E-state index < -0.39 is 0 Å². The minimum absolute atomic E-state index is 0.703. The molecule has 5 aromatic carbocycles. The third-order valence-corrected chi connectivity index (χ3v) is 9.99. The Balaban J connectivity index is 1.47. The Bertz CT molecular complexity index is 2340.